The summed E-state index contributed by atoms with van der Waals surface area (Å²) in [6.45, 7) is 3.23. The molecule has 0 aliphatic carbocycles. The Labute approximate surface area is 106 Å². The average molecular weight is 260 g/mol. The second-order valence-corrected chi connectivity index (χ2v) is 4.29. The Balaban J connectivity index is 2.66. The standard InChI is InChI=1S/C12H15Cl2NO/c1-2-15(12(16)6-7-13)9-10-4-3-5-11(14)8-10/h3-5,8H,2,6-7,9H2,1H3. The fourth-order valence-electron chi connectivity index (χ4n) is 1.47. The van der Waals surface area contributed by atoms with Crippen LogP contribution in [0.2, 0.25) is 5.02 Å². The smallest absolute Gasteiger partial charge is 0.224 e. The quantitative estimate of drug-likeness (QED) is 0.744. The number of alkyl halides is 1. The van der Waals surface area contributed by atoms with Crippen molar-refractivity contribution >= 4 is 29.1 Å². The SMILES string of the molecule is CCN(Cc1cccc(Cl)c1)C(=O)CCCl. The minimum atomic E-state index is 0.0810. The van der Waals surface area contributed by atoms with E-state index in [-0.39, 0.29) is 5.91 Å². The van der Waals surface area contributed by atoms with E-state index in [4.69, 9.17) is 23.2 Å². The van der Waals surface area contributed by atoms with Crippen LogP contribution in [0.25, 0.3) is 0 Å². The minimum absolute atomic E-state index is 0.0810. The number of benzene rings is 1. The molecule has 0 aliphatic rings. The summed E-state index contributed by atoms with van der Waals surface area (Å²) in [5.74, 6) is 0.447. The van der Waals surface area contributed by atoms with Gasteiger partial charge in [0.1, 0.15) is 0 Å². The van der Waals surface area contributed by atoms with E-state index in [2.05, 4.69) is 0 Å². The monoisotopic (exact) mass is 259 g/mol. The minimum Gasteiger partial charge on any atom is -0.339 e. The molecule has 1 aromatic rings. The van der Waals surface area contributed by atoms with E-state index in [1.165, 1.54) is 0 Å². The maximum absolute atomic E-state index is 11.7. The van der Waals surface area contributed by atoms with Gasteiger partial charge in [-0.05, 0) is 24.6 Å². The maximum Gasteiger partial charge on any atom is 0.224 e. The van der Waals surface area contributed by atoms with Crippen LogP contribution >= 0.6 is 23.2 Å². The molecule has 0 saturated heterocycles. The molecule has 88 valence electrons. The summed E-state index contributed by atoms with van der Waals surface area (Å²) in [7, 11) is 0. The molecular weight excluding hydrogens is 245 g/mol. The molecule has 1 aromatic carbocycles. The van der Waals surface area contributed by atoms with Crippen molar-refractivity contribution in [2.24, 2.45) is 0 Å². The molecule has 0 saturated carbocycles. The Morgan fingerprint density at radius 2 is 2.19 bits per heavy atom. The molecule has 0 aromatic heterocycles. The van der Waals surface area contributed by atoms with Crippen LogP contribution in [0.4, 0.5) is 0 Å². The highest BCUT2D eigenvalue weighted by molar-refractivity contribution is 6.30. The summed E-state index contributed by atoms with van der Waals surface area (Å²) in [4.78, 5) is 13.4. The third-order valence-electron chi connectivity index (χ3n) is 2.31. The Morgan fingerprint density at radius 1 is 1.44 bits per heavy atom. The number of hydrogen-bond donors (Lipinski definition) is 0. The predicted molar refractivity (Wildman–Crippen MR) is 67.9 cm³/mol. The molecule has 0 aliphatic heterocycles. The average Bonchev–Trinajstić information content (AvgIpc) is 2.26. The summed E-state index contributed by atoms with van der Waals surface area (Å²) in [6, 6.07) is 7.54. The lowest BCUT2D eigenvalue weighted by atomic mass is 10.2. The van der Waals surface area contributed by atoms with Crippen LogP contribution in [0.15, 0.2) is 24.3 Å². The van der Waals surface area contributed by atoms with Gasteiger partial charge in [-0.3, -0.25) is 4.79 Å². The molecule has 0 unspecified atom stereocenters. The van der Waals surface area contributed by atoms with Gasteiger partial charge in [0, 0.05) is 30.4 Å². The largest absolute Gasteiger partial charge is 0.339 e. The number of amides is 1. The van der Waals surface area contributed by atoms with E-state index in [0.717, 1.165) is 5.56 Å². The van der Waals surface area contributed by atoms with Gasteiger partial charge in [-0.25, -0.2) is 0 Å². The maximum atomic E-state index is 11.7. The summed E-state index contributed by atoms with van der Waals surface area (Å²) >= 11 is 11.4. The molecule has 0 bridgehead atoms. The van der Waals surface area contributed by atoms with Crippen molar-refractivity contribution in [3.63, 3.8) is 0 Å². The van der Waals surface area contributed by atoms with Crippen LogP contribution in [0.1, 0.15) is 18.9 Å². The number of carbonyl (C=O) groups excluding carboxylic acids is 1. The van der Waals surface area contributed by atoms with Gasteiger partial charge in [0.2, 0.25) is 5.91 Å². The first kappa shape index (κ1) is 13.3. The van der Waals surface area contributed by atoms with Gasteiger partial charge in [0.25, 0.3) is 0 Å². The zero-order valence-corrected chi connectivity index (χ0v) is 10.8. The second kappa shape index (κ2) is 6.77. The highest BCUT2D eigenvalue weighted by atomic mass is 35.5. The van der Waals surface area contributed by atoms with Crippen LogP contribution in [0.3, 0.4) is 0 Å². The molecule has 0 spiro atoms. The first-order valence-electron chi connectivity index (χ1n) is 5.25. The molecule has 0 fully saturated rings. The first-order valence-corrected chi connectivity index (χ1v) is 6.16. The molecule has 0 heterocycles. The van der Waals surface area contributed by atoms with Crippen molar-refractivity contribution in [2.75, 3.05) is 12.4 Å². The summed E-state index contributed by atoms with van der Waals surface area (Å²) in [5, 5.41) is 0.693. The van der Waals surface area contributed by atoms with Gasteiger partial charge >= 0.3 is 0 Å². The molecule has 0 N–H and O–H groups in total. The number of halogens is 2. The van der Waals surface area contributed by atoms with E-state index >= 15 is 0 Å². The molecule has 0 radical (unpaired) electrons. The summed E-state index contributed by atoms with van der Waals surface area (Å²) < 4.78 is 0. The third kappa shape index (κ3) is 4.03. The number of rotatable bonds is 5. The lowest BCUT2D eigenvalue weighted by Crippen LogP contribution is -2.30. The summed E-state index contributed by atoms with van der Waals surface area (Å²) in [6.07, 6.45) is 0.385. The van der Waals surface area contributed by atoms with E-state index in [9.17, 15) is 4.79 Å². The van der Waals surface area contributed by atoms with Gasteiger partial charge in [0.05, 0.1) is 0 Å². The molecule has 0 atom stereocenters. The number of carbonyl (C=O) groups is 1. The van der Waals surface area contributed by atoms with E-state index < -0.39 is 0 Å². The molecule has 2 nitrogen and oxygen atoms in total. The second-order valence-electron chi connectivity index (χ2n) is 3.48. The Kier molecular flexibility index (Phi) is 5.64. The molecule has 16 heavy (non-hydrogen) atoms. The molecule has 1 rings (SSSR count). The normalized spacial score (nSPS) is 10.2. The van der Waals surface area contributed by atoms with Crippen LogP contribution in [0.5, 0.6) is 0 Å². The molecule has 4 heteroatoms. The topological polar surface area (TPSA) is 20.3 Å². The Morgan fingerprint density at radius 3 is 2.75 bits per heavy atom. The zero-order valence-electron chi connectivity index (χ0n) is 9.25. The van der Waals surface area contributed by atoms with E-state index in [1.807, 2.05) is 31.2 Å². The summed E-state index contributed by atoms with van der Waals surface area (Å²) in [5.41, 5.74) is 1.04. The highest BCUT2D eigenvalue weighted by Crippen LogP contribution is 2.13. The fraction of sp³-hybridized carbons (Fsp3) is 0.417. The lowest BCUT2D eigenvalue weighted by molar-refractivity contribution is -0.131. The van der Waals surface area contributed by atoms with Crippen LogP contribution in [-0.2, 0) is 11.3 Å². The fourth-order valence-corrected chi connectivity index (χ4v) is 1.85. The van der Waals surface area contributed by atoms with Gasteiger partial charge in [-0.2, -0.15) is 0 Å². The van der Waals surface area contributed by atoms with Crippen molar-refractivity contribution in [2.45, 2.75) is 19.9 Å². The third-order valence-corrected chi connectivity index (χ3v) is 2.73. The van der Waals surface area contributed by atoms with Crippen LogP contribution < -0.4 is 0 Å². The van der Waals surface area contributed by atoms with Gasteiger partial charge in [0.15, 0.2) is 0 Å². The van der Waals surface area contributed by atoms with Crippen molar-refractivity contribution in [3.8, 4) is 0 Å². The van der Waals surface area contributed by atoms with E-state index in [1.54, 1.807) is 4.90 Å². The first-order chi connectivity index (χ1) is 7.67. The van der Waals surface area contributed by atoms with Gasteiger partial charge < -0.3 is 4.90 Å². The highest BCUT2D eigenvalue weighted by Gasteiger charge is 2.11. The Bertz CT molecular complexity index is 355. The van der Waals surface area contributed by atoms with Gasteiger partial charge in [-0.1, -0.05) is 23.7 Å². The number of hydrogen-bond acceptors (Lipinski definition) is 1. The molecule has 1 amide bonds. The lowest BCUT2D eigenvalue weighted by Gasteiger charge is -2.20. The molecular formula is C12H15Cl2NO. The number of nitrogens with zero attached hydrogens (tertiary/aromatic N) is 1. The van der Waals surface area contributed by atoms with E-state index in [0.29, 0.717) is 30.4 Å². The zero-order chi connectivity index (χ0) is 12.0. The van der Waals surface area contributed by atoms with Crippen molar-refractivity contribution in [1.82, 2.24) is 4.90 Å². The van der Waals surface area contributed by atoms with Crippen molar-refractivity contribution in [1.29, 1.82) is 0 Å². The van der Waals surface area contributed by atoms with Gasteiger partial charge in [-0.15, -0.1) is 11.6 Å². The van der Waals surface area contributed by atoms with Crippen LogP contribution in [0, 0.1) is 0 Å². The predicted octanol–water partition coefficient (Wildman–Crippen LogP) is 3.32. The van der Waals surface area contributed by atoms with Crippen molar-refractivity contribution < 1.29 is 4.79 Å². The Hall–Kier alpha value is -0.730. The van der Waals surface area contributed by atoms with Crippen molar-refractivity contribution in [3.05, 3.63) is 34.9 Å². The van der Waals surface area contributed by atoms with Crippen LogP contribution in [-0.4, -0.2) is 23.2 Å².